The second-order valence-corrected chi connectivity index (χ2v) is 12.5. The molecular weight excluding hydrogens is 496 g/mol. The zero-order valence-corrected chi connectivity index (χ0v) is 23.0. The molecular formula is C31H40N2O6. The minimum Gasteiger partial charge on any atom is -0.480 e. The molecule has 1 aromatic carbocycles. The van der Waals surface area contributed by atoms with E-state index in [1.807, 2.05) is 13.0 Å². The number of carboxylic acid groups (broad SMARTS) is 1. The van der Waals surface area contributed by atoms with Crippen molar-refractivity contribution in [2.45, 2.75) is 77.0 Å². The molecule has 1 aromatic rings. The number of carbonyl (C=O) groups excluding carboxylic acids is 1. The number of nitrogens with one attached hydrogen (secondary N) is 1. The number of hydrogen-bond donors (Lipinski definition) is 4. The van der Waals surface area contributed by atoms with Crippen LogP contribution in [0.25, 0.3) is 0 Å². The molecule has 8 heteroatoms. The van der Waals surface area contributed by atoms with Crippen molar-refractivity contribution in [3.63, 3.8) is 0 Å². The van der Waals surface area contributed by atoms with Crippen LogP contribution in [0.5, 0.6) is 0 Å². The molecule has 8 nitrogen and oxygen atoms in total. The van der Waals surface area contributed by atoms with Crippen molar-refractivity contribution in [3.05, 3.63) is 59.7 Å². The van der Waals surface area contributed by atoms with E-state index in [1.54, 1.807) is 30.3 Å². The Kier molecular flexibility index (Phi) is 7.22. The summed E-state index contributed by atoms with van der Waals surface area (Å²) >= 11 is 0. The fraction of sp³-hybridized carbons (Fsp3) is 0.581. The average molecular weight is 537 g/mol. The van der Waals surface area contributed by atoms with Gasteiger partial charge in [0.15, 0.2) is 12.6 Å². The number of aliphatic hydroxyl groups excluding tert-OH is 1. The van der Waals surface area contributed by atoms with Crippen LogP contribution in [-0.2, 0) is 14.4 Å². The number of allylic oxidation sites excluding steroid dienone is 4. The number of carboxylic acids is 1. The van der Waals surface area contributed by atoms with E-state index < -0.39 is 36.2 Å². The van der Waals surface area contributed by atoms with Crippen molar-refractivity contribution in [3.8, 4) is 0 Å². The highest BCUT2D eigenvalue weighted by Crippen LogP contribution is 2.66. The fourth-order valence-electron chi connectivity index (χ4n) is 8.01. The minimum atomic E-state index is -1.51. The van der Waals surface area contributed by atoms with E-state index in [4.69, 9.17) is 4.84 Å². The second kappa shape index (κ2) is 10.2. The molecule has 0 heterocycles. The Bertz CT molecular complexity index is 1210. The van der Waals surface area contributed by atoms with E-state index in [0.29, 0.717) is 29.0 Å². The largest absolute Gasteiger partial charge is 0.480 e. The van der Waals surface area contributed by atoms with Crippen LogP contribution in [0.3, 0.4) is 0 Å². The molecule has 5 rings (SSSR count). The lowest BCUT2D eigenvalue weighted by atomic mass is 9.47. The zero-order valence-electron chi connectivity index (χ0n) is 23.0. The maximum atomic E-state index is 12.4. The van der Waals surface area contributed by atoms with Gasteiger partial charge in [-0.15, -0.1) is 0 Å². The summed E-state index contributed by atoms with van der Waals surface area (Å²) in [4.78, 5) is 29.4. The second-order valence-electron chi connectivity index (χ2n) is 12.5. The van der Waals surface area contributed by atoms with Crippen LogP contribution in [0, 0.1) is 28.6 Å². The first kappa shape index (κ1) is 27.6. The lowest BCUT2D eigenvalue weighted by molar-refractivity contribution is -0.146. The first-order chi connectivity index (χ1) is 18.5. The number of aliphatic carboxylic acids is 1. The Morgan fingerprint density at radius 3 is 2.54 bits per heavy atom. The van der Waals surface area contributed by atoms with E-state index in [0.717, 1.165) is 38.5 Å². The number of benzene rings is 1. The summed E-state index contributed by atoms with van der Waals surface area (Å²) in [5, 5.41) is 37.5. The Labute approximate surface area is 229 Å². The van der Waals surface area contributed by atoms with E-state index in [1.165, 1.54) is 5.57 Å². The van der Waals surface area contributed by atoms with Crippen molar-refractivity contribution in [2.75, 3.05) is 6.61 Å². The quantitative estimate of drug-likeness (QED) is 0.388. The van der Waals surface area contributed by atoms with Gasteiger partial charge in [-0.25, -0.2) is 4.79 Å². The predicted molar refractivity (Wildman–Crippen MR) is 147 cm³/mol. The number of fused-ring (bicyclic) bond motifs is 5. The standard InChI is InChI=1S/C31H40N2O6/c1-29-14-11-21(33-39-18-25(34)32-26(28(36)37)27(35)19-7-5-4-6-8-19)17-20(29)9-10-22-23(29)12-15-30(2)24(22)13-16-31(30,3)38/h4-8,11,14,17,22-24,26-27,35,38H,9-10,12-13,15-16,18H2,1-3H3,(H,32,34)(H,36,37)/b33-21-/t22-,23+,24+,26-,27-,29+,30+,31+/m1/s1. The number of oxime groups is 1. The molecule has 39 heavy (non-hydrogen) atoms. The molecule has 4 aliphatic carbocycles. The van der Waals surface area contributed by atoms with Crippen molar-refractivity contribution in [1.29, 1.82) is 0 Å². The molecule has 3 saturated carbocycles. The summed E-state index contributed by atoms with van der Waals surface area (Å²) in [5.74, 6) is -0.360. The van der Waals surface area contributed by atoms with E-state index in [9.17, 15) is 24.9 Å². The summed E-state index contributed by atoms with van der Waals surface area (Å²) in [6.07, 6.45) is 11.0. The van der Waals surface area contributed by atoms with Crippen molar-refractivity contribution in [2.24, 2.45) is 33.7 Å². The molecule has 0 radical (unpaired) electrons. The lowest BCUT2D eigenvalue weighted by Gasteiger charge is -2.58. The number of rotatable bonds is 7. The molecule has 4 aliphatic rings. The molecule has 0 unspecified atom stereocenters. The topological polar surface area (TPSA) is 128 Å². The fourth-order valence-corrected chi connectivity index (χ4v) is 8.01. The van der Waals surface area contributed by atoms with Crippen molar-refractivity contribution >= 4 is 17.6 Å². The molecule has 0 bridgehead atoms. The Morgan fingerprint density at radius 2 is 1.82 bits per heavy atom. The van der Waals surface area contributed by atoms with Gasteiger partial charge in [0.2, 0.25) is 0 Å². The van der Waals surface area contributed by atoms with Gasteiger partial charge in [0.05, 0.1) is 5.60 Å². The first-order valence-electron chi connectivity index (χ1n) is 14.0. The molecule has 0 aromatic heterocycles. The molecule has 4 N–H and O–H groups in total. The highest BCUT2D eigenvalue weighted by molar-refractivity contribution is 6.05. The Hall–Kier alpha value is -2.97. The molecule has 1 amide bonds. The summed E-state index contributed by atoms with van der Waals surface area (Å²) in [5.41, 5.74) is 1.68. The van der Waals surface area contributed by atoms with Gasteiger partial charge in [-0.1, -0.05) is 61.0 Å². The summed E-state index contributed by atoms with van der Waals surface area (Å²) in [6, 6.07) is 6.82. The van der Waals surface area contributed by atoms with Crippen molar-refractivity contribution in [1.82, 2.24) is 5.32 Å². The highest BCUT2D eigenvalue weighted by Gasteiger charge is 2.62. The molecule has 0 spiro atoms. The van der Waals surface area contributed by atoms with Gasteiger partial charge >= 0.3 is 5.97 Å². The molecule has 210 valence electrons. The minimum absolute atomic E-state index is 0.0120. The molecule has 8 atom stereocenters. The van der Waals surface area contributed by atoms with Gasteiger partial charge in [-0.05, 0) is 86.3 Å². The van der Waals surface area contributed by atoms with Gasteiger partial charge in [0, 0.05) is 5.41 Å². The number of amides is 1. The van der Waals surface area contributed by atoms with E-state index in [-0.39, 0.29) is 10.8 Å². The van der Waals surface area contributed by atoms with Crippen LogP contribution < -0.4 is 5.32 Å². The van der Waals surface area contributed by atoms with Crippen LogP contribution in [0.2, 0.25) is 0 Å². The maximum Gasteiger partial charge on any atom is 0.329 e. The first-order valence-corrected chi connectivity index (χ1v) is 14.0. The van der Waals surface area contributed by atoms with Crippen molar-refractivity contribution < 1.29 is 29.7 Å². The Morgan fingerprint density at radius 1 is 1.10 bits per heavy atom. The highest BCUT2D eigenvalue weighted by atomic mass is 16.6. The summed E-state index contributed by atoms with van der Waals surface area (Å²) in [6.45, 7) is 6.18. The zero-order chi connectivity index (χ0) is 28.0. The van der Waals surface area contributed by atoms with Gasteiger partial charge in [-0.3, -0.25) is 4.79 Å². The van der Waals surface area contributed by atoms with Crippen LogP contribution in [0.4, 0.5) is 0 Å². The number of nitrogens with zero attached hydrogens (tertiary/aromatic N) is 1. The maximum absolute atomic E-state index is 12.4. The van der Waals surface area contributed by atoms with E-state index in [2.05, 4.69) is 36.5 Å². The summed E-state index contributed by atoms with van der Waals surface area (Å²) in [7, 11) is 0. The predicted octanol–water partition coefficient (Wildman–Crippen LogP) is 4.15. The summed E-state index contributed by atoms with van der Waals surface area (Å²) < 4.78 is 0. The lowest BCUT2D eigenvalue weighted by Crippen LogP contribution is -2.53. The van der Waals surface area contributed by atoms with Gasteiger partial charge in [0.25, 0.3) is 5.91 Å². The van der Waals surface area contributed by atoms with Crippen LogP contribution >= 0.6 is 0 Å². The molecule has 0 saturated heterocycles. The SMILES string of the molecule is C[C@]12C=C/C(=N/OCC(=O)N[C@@H](C(=O)O)[C@H](O)c3ccccc3)C=C1CC[C@@H]1[C@@H]2CC[C@@]2(C)[C@H]1CC[C@]2(C)O. The van der Waals surface area contributed by atoms with Crippen LogP contribution in [0.15, 0.2) is 59.3 Å². The number of aliphatic hydroxyl groups is 2. The van der Waals surface area contributed by atoms with Crippen LogP contribution in [-0.4, -0.2) is 51.2 Å². The van der Waals surface area contributed by atoms with Gasteiger partial charge in [-0.2, -0.15) is 0 Å². The van der Waals surface area contributed by atoms with Gasteiger partial charge in [0.1, 0.15) is 11.8 Å². The third-order valence-corrected chi connectivity index (χ3v) is 10.5. The average Bonchev–Trinajstić information content (AvgIpc) is 3.16. The third-order valence-electron chi connectivity index (χ3n) is 10.5. The Balaban J connectivity index is 1.21. The third kappa shape index (κ3) is 4.82. The molecule has 0 aliphatic heterocycles. The van der Waals surface area contributed by atoms with Gasteiger partial charge < -0.3 is 25.5 Å². The monoisotopic (exact) mass is 536 g/mol. The normalized spacial score (nSPS) is 37.6. The number of carbonyl (C=O) groups is 2. The number of hydrogen-bond acceptors (Lipinski definition) is 6. The van der Waals surface area contributed by atoms with E-state index >= 15 is 0 Å². The smallest absolute Gasteiger partial charge is 0.329 e. The molecule has 3 fully saturated rings. The van der Waals surface area contributed by atoms with Crippen LogP contribution in [0.1, 0.15) is 71.0 Å².